The molecule has 0 aliphatic heterocycles. The summed E-state index contributed by atoms with van der Waals surface area (Å²) in [5, 5.41) is 3.89. The van der Waals surface area contributed by atoms with Crippen LogP contribution in [0.4, 0.5) is 0 Å². The van der Waals surface area contributed by atoms with Gasteiger partial charge in [0.25, 0.3) is 5.91 Å². The Morgan fingerprint density at radius 3 is 2.62 bits per heavy atom. The predicted molar refractivity (Wildman–Crippen MR) is 59.8 cm³/mol. The third-order valence-electron chi connectivity index (χ3n) is 2.05. The SMILES string of the molecule is NC(=O)C(=Cn1cncn1)c1ccccc1. The van der Waals surface area contributed by atoms with E-state index in [1.807, 2.05) is 30.3 Å². The van der Waals surface area contributed by atoms with Gasteiger partial charge in [-0.1, -0.05) is 30.3 Å². The average Bonchev–Trinajstić information content (AvgIpc) is 2.79. The first-order valence-corrected chi connectivity index (χ1v) is 4.68. The zero-order chi connectivity index (χ0) is 11.4. The maximum absolute atomic E-state index is 11.3. The zero-order valence-corrected chi connectivity index (χ0v) is 8.45. The summed E-state index contributed by atoms with van der Waals surface area (Å²) < 4.78 is 1.44. The Labute approximate surface area is 92.2 Å². The van der Waals surface area contributed by atoms with Crippen molar-refractivity contribution in [3.05, 3.63) is 48.5 Å². The van der Waals surface area contributed by atoms with E-state index in [0.29, 0.717) is 5.57 Å². The lowest BCUT2D eigenvalue weighted by Crippen LogP contribution is -2.13. The zero-order valence-electron chi connectivity index (χ0n) is 8.45. The van der Waals surface area contributed by atoms with E-state index in [1.165, 1.54) is 17.3 Å². The lowest BCUT2D eigenvalue weighted by Gasteiger charge is -2.02. The second-order valence-electron chi connectivity index (χ2n) is 3.15. The van der Waals surface area contributed by atoms with E-state index in [-0.39, 0.29) is 0 Å². The highest BCUT2D eigenvalue weighted by Gasteiger charge is 2.07. The minimum atomic E-state index is -0.498. The number of amides is 1. The van der Waals surface area contributed by atoms with Crippen molar-refractivity contribution in [3.63, 3.8) is 0 Å². The summed E-state index contributed by atoms with van der Waals surface area (Å²) in [7, 11) is 0. The Kier molecular flexibility index (Phi) is 2.77. The molecule has 2 rings (SSSR count). The highest BCUT2D eigenvalue weighted by atomic mass is 16.1. The summed E-state index contributed by atoms with van der Waals surface area (Å²) in [5.41, 5.74) is 6.47. The van der Waals surface area contributed by atoms with Gasteiger partial charge in [-0.3, -0.25) is 4.79 Å². The molecular formula is C11H10N4O. The molecule has 0 atom stereocenters. The summed E-state index contributed by atoms with van der Waals surface area (Å²) in [6.45, 7) is 0. The van der Waals surface area contributed by atoms with E-state index in [1.54, 1.807) is 6.20 Å². The van der Waals surface area contributed by atoms with Crippen LogP contribution in [0.5, 0.6) is 0 Å². The summed E-state index contributed by atoms with van der Waals surface area (Å²) >= 11 is 0. The van der Waals surface area contributed by atoms with Gasteiger partial charge in [0.05, 0.1) is 5.57 Å². The summed E-state index contributed by atoms with van der Waals surface area (Å²) in [5.74, 6) is -0.498. The molecule has 2 aromatic rings. The lowest BCUT2D eigenvalue weighted by molar-refractivity contribution is -0.112. The number of hydrogen-bond donors (Lipinski definition) is 1. The van der Waals surface area contributed by atoms with Crippen molar-refractivity contribution >= 4 is 17.7 Å². The molecule has 0 unspecified atom stereocenters. The Morgan fingerprint density at radius 1 is 1.31 bits per heavy atom. The minimum Gasteiger partial charge on any atom is -0.366 e. The van der Waals surface area contributed by atoms with E-state index in [2.05, 4.69) is 10.1 Å². The third kappa shape index (κ3) is 2.14. The fraction of sp³-hybridized carbons (Fsp3) is 0. The van der Waals surface area contributed by atoms with E-state index in [9.17, 15) is 4.79 Å². The van der Waals surface area contributed by atoms with Crippen LogP contribution in [0.15, 0.2) is 43.0 Å². The molecule has 2 N–H and O–H groups in total. The number of nitrogens with two attached hydrogens (primary N) is 1. The minimum absolute atomic E-state index is 0.395. The van der Waals surface area contributed by atoms with Crippen molar-refractivity contribution in [2.75, 3.05) is 0 Å². The van der Waals surface area contributed by atoms with Crippen LogP contribution in [0, 0.1) is 0 Å². The van der Waals surface area contributed by atoms with Crippen LogP contribution < -0.4 is 5.73 Å². The number of aromatic nitrogens is 3. The normalized spacial score (nSPS) is 11.4. The number of nitrogens with zero attached hydrogens (tertiary/aromatic N) is 3. The van der Waals surface area contributed by atoms with Gasteiger partial charge >= 0.3 is 0 Å². The lowest BCUT2D eigenvalue weighted by atomic mass is 10.1. The first kappa shape index (κ1) is 10.1. The molecule has 0 saturated heterocycles. The molecule has 0 radical (unpaired) electrons. The number of rotatable bonds is 3. The summed E-state index contributed by atoms with van der Waals surface area (Å²) in [6.07, 6.45) is 4.43. The van der Waals surface area contributed by atoms with Crippen LogP contribution in [-0.2, 0) is 4.79 Å². The number of benzene rings is 1. The van der Waals surface area contributed by atoms with Crippen LogP contribution in [0.2, 0.25) is 0 Å². The molecule has 1 aromatic carbocycles. The Bertz CT molecular complexity index is 502. The van der Waals surface area contributed by atoms with Crippen LogP contribution >= 0.6 is 0 Å². The van der Waals surface area contributed by atoms with Crippen LogP contribution in [0.3, 0.4) is 0 Å². The van der Waals surface area contributed by atoms with Crippen molar-refractivity contribution in [2.45, 2.75) is 0 Å². The fourth-order valence-corrected chi connectivity index (χ4v) is 1.31. The molecule has 5 heteroatoms. The standard InChI is InChI=1S/C11H10N4O/c12-11(16)10(6-15-8-13-7-14-15)9-4-2-1-3-5-9/h1-8H,(H2,12,16). The van der Waals surface area contributed by atoms with Crippen molar-refractivity contribution < 1.29 is 4.79 Å². The van der Waals surface area contributed by atoms with Gasteiger partial charge in [0.2, 0.25) is 0 Å². The Balaban J connectivity index is 2.43. The van der Waals surface area contributed by atoms with Gasteiger partial charge in [-0.05, 0) is 5.56 Å². The van der Waals surface area contributed by atoms with Crippen LogP contribution in [-0.4, -0.2) is 20.7 Å². The third-order valence-corrected chi connectivity index (χ3v) is 2.05. The van der Waals surface area contributed by atoms with Gasteiger partial charge in [-0.2, -0.15) is 5.10 Å². The molecule has 0 bridgehead atoms. The van der Waals surface area contributed by atoms with Crippen LogP contribution in [0.25, 0.3) is 11.8 Å². The quantitative estimate of drug-likeness (QED) is 0.766. The van der Waals surface area contributed by atoms with Gasteiger partial charge in [-0.15, -0.1) is 0 Å². The maximum atomic E-state index is 11.3. The first-order valence-electron chi connectivity index (χ1n) is 4.68. The molecule has 0 fully saturated rings. The van der Waals surface area contributed by atoms with Gasteiger partial charge in [0, 0.05) is 6.20 Å². The molecule has 0 saturated carbocycles. The summed E-state index contributed by atoms with van der Waals surface area (Å²) in [4.78, 5) is 15.1. The van der Waals surface area contributed by atoms with Crippen molar-refractivity contribution in [3.8, 4) is 0 Å². The molecule has 1 amide bonds. The fourth-order valence-electron chi connectivity index (χ4n) is 1.31. The van der Waals surface area contributed by atoms with E-state index >= 15 is 0 Å². The molecule has 0 spiro atoms. The average molecular weight is 214 g/mol. The van der Waals surface area contributed by atoms with Crippen molar-refractivity contribution in [1.29, 1.82) is 0 Å². The molecule has 1 heterocycles. The number of carbonyl (C=O) groups is 1. The van der Waals surface area contributed by atoms with Crippen molar-refractivity contribution in [1.82, 2.24) is 14.8 Å². The Morgan fingerprint density at radius 2 is 2.06 bits per heavy atom. The molecule has 80 valence electrons. The van der Waals surface area contributed by atoms with E-state index < -0.39 is 5.91 Å². The Hall–Kier alpha value is -2.43. The molecule has 16 heavy (non-hydrogen) atoms. The molecular weight excluding hydrogens is 204 g/mol. The van der Waals surface area contributed by atoms with Gasteiger partial charge in [0.1, 0.15) is 12.7 Å². The van der Waals surface area contributed by atoms with Gasteiger partial charge in [-0.25, -0.2) is 9.67 Å². The number of primary amides is 1. The van der Waals surface area contributed by atoms with Gasteiger partial charge in [0.15, 0.2) is 0 Å². The monoisotopic (exact) mass is 214 g/mol. The predicted octanol–water partition coefficient (Wildman–Crippen LogP) is 0.761. The second kappa shape index (κ2) is 4.39. The maximum Gasteiger partial charge on any atom is 0.250 e. The highest BCUT2D eigenvalue weighted by molar-refractivity contribution is 6.22. The van der Waals surface area contributed by atoms with E-state index in [4.69, 9.17) is 5.73 Å². The number of hydrogen-bond acceptors (Lipinski definition) is 3. The molecule has 0 aliphatic carbocycles. The molecule has 5 nitrogen and oxygen atoms in total. The van der Waals surface area contributed by atoms with Crippen molar-refractivity contribution in [2.24, 2.45) is 5.73 Å². The topological polar surface area (TPSA) is 73.8 Å². The second-order valence-corrected chi connectivity index (χ2v) is 3.15. The molecule has 1 aromatic heterocycles. The summed E-state index contributed by atoms with van der Waals surface area (Å²) in [6, 6.07) is 9.18. The highest BCUT2D eigenvalue weighted by Crippen LogP contribution is 2.13. The molecule has 0 aliphatic rings. The first-order chi connectivity index (χ1) is 7.77. The van der Waals surface area contributed by atoms with Gasteiger partial charge < -0.3 is 5.73 Å². The van der Waals surface area contributed by atoms with Crippen LogP contribution in [0.1, 0.15) is 5.56 Å². The largest absolute Gasteiger partial charge is 0.366 e. The number of carbonyl (C=O) groups excluding carboxylic acids is 1. The smallest absolute Gasteiger partial charge is 0.250 e. The van der Waals surface area contributed by atoms with E-state index in [0.717, 1.165) is 5.56 Å².